The van der Waals surface area contributed by atoms with Gasteiger partial charge in [0.25, 0.3) is 11.8 Å². The van der Waals surface area contributed by atoms with Crippen LogP contribution in [0.1, 0.15) is 61.8 Å². The average molecular weight is 388 g/mol. The van der Waals surface area contributed by atoms with Crippen LogP contribution in [0.2, 0.25) is 0 Å². The van der Waals surface area contributed by atoms with Crippen LogP contribution in [0, 0.1) is 11.3 Å². The van der Waals surface area contributed by atoms with E-state index in [1.165, 1.54) is 12.1 Å². The summed E-state index contributed by atoms with van der Waals surface area (Å²) in [5.41, 5.74) is -0.829. The van der Waals surface area contributed by atoms with Gasteiger partial charge >= 0.3 is 12.1 Å². The van der Waals surface area contributed by atoms with E-state index in [1.807, 2.05) is 13.8 Å². The Kier molecular flexibility index (Phi) is 4.69. The molecule has 3 rings (SSSR count). The minimum absolute atomic E-state index is 0.206. The van der Waals surface area contributed by atoms with Crippen molar-refractivity contribution >= 4 is 23.9 Å². The lowest BCUT2D eigenvalue weighted by Crippen LogP contribution is -2.61. The number of hydrogen-bond acceptors (Lipinski definition) is 6. The summed E-state index contributed by atoms with van der Waals surface area (Å²) in [4.78, 5) is 54.4. The maximum atomic E-state index is 12.6. The summed E-state index contributed by atoms with van der Waals surface area (Å²) < 4.78 is 5.24. The van der Waals surface area contributed by atoms with E-state index in [-0.39, 0.29) is 17.2 Å². The first-order valence-electron chi connectivity index (χ1n) is 9.11. The SMILES string of the molecule is CC(C)(C)OC(=O)NC1CC(C(=O)ON2C(=O)c3ccccc3C2=O)C1(C)C. The first-order chi connectivity index (χ1) is 12.9. The number of nitrogens with one attached hydrogen (secondary N) is 1. The molecule has 2 aliphatic rings. The van der Waals surface area contributed by atoms with Crippen molar-refractivity contribution in [1.82, 2.24) is 10.4 Å². The molecule has 150 valence electrons. The Bertz CT molecular complexity index is 819. The number of ether oxygens (including phenoxy) is 1. The van der Waals surface area contributed by atoms with Gasteiger partial charge in [-0.2, -0.15) is 0 Å². The Morgan fingerprint density at radius 3 is 2.11 bits per heavy atom. The Labute approximate surface area is 163 Å². The highest BCUT2D eigenvalue weighted by Gasteiger charge is 2.55. The van der Waals surface area contributed by atoms with Crippen LogP contribution in [-0.2, 0) is 14.4 Å². The summed E-state index contributed by atoms with van der Waals surface area (Å²) in [7, 11) is 0. The highest BCUT2D eigenvalue weighted by atomic mass is 16.7. The van der Waals surface area contributed by atoms with Crippen LogP contribution in [0.3, 0.4) is 0 Å². The molecule has 2 atom stereocenters. The molecule has 2 unspecified atom stereocenters. The Hall–Kier alpha value is -2.90. The fourth-order valence-electron chi connectivity index (χ4n) is 3.42. The first kappa shape index (κ1) is 19.9. The minimum Gasteiger partial charge on any atom is -0.444 e. The second-order valence-electron chi connectivity index (χ2n) is 8.67. The van der Waals surface area contributed by atoms with Gasteiger partial charge in [-0.1, -0.05) is 31.0 Å². The lowest BCUT2D eigenvalue weighted by Gasteiger charge is -2.50. The standard InChI is InChI=1S/C20H24N2O6/c1-19(2,3)27-18(26)21-14-10-13(20(14,4)5)17(25)28-22-15(23)11-8-6-7-9-12(11)16(22)24/h6-9,13-14H,10H2,1-5H3,(H,21,26). The molecule has 1 saturated carbocycles. The zero-order chi connectivity index (χ0) is 20.9. The Balaban J connectivity index is 1.62. The summed E-state index contributed by atoms with van der Waals surface area (Å²) in [6.45, 7) is 8.92. The zero-order valence-electron chi connectivity index (χ0n) is 16.6. The molecule has 0 spiro atoms. The van der Waals surface area contributed by atoms with Crippen molar-refractivity contribution < 1.29 is 28.8 Å². The van der Waals surface area contributed by atoms with Gasteiger partial charge in [0.2, 0.25) is 0 Å². The van der Waals surface area contributed by atoms with E-state index < -0.39 is 40.8 Å². The van der Waals surface area contributed by atoms with E-state index in [9.17, 15) is 19.2 Å². The molecule has 1 heterocycles. The van der Waals surface area contributed by atoms with Crippen LogP contribution in [0.25, 0.3) is 0 Å². The van der Waals surface area contributed by atoms with E-state index in [0.29, 0.717) is 11.5 Å². The van der Waals surface area contributed by atoms with E-state index in [0.717, 1.165) is 0 Å². The fraction of sp³-hybridized carbons (Fsp3) is 0.500. The van der Waals surface area contributed by atoms with Gasteiger partial charge in [-0.05, 0) is 44.7 Å². The molecule has 1 aliphatic heterocycles. The molecule has 0 saturated heterocycles. The van der Waals surface area contributed by atoms with Crippen LogP contribution in [0.15, 0.2) is 24.3 Å². The summed E-state index contributed by atoms with van der Waals surface area (Å²) in [6, 6.07) is 6.01. The highest BCUT2D eigenvalue weighted by molar-refractivity contribution is 6.20. The maximum absolute atomic E-state index is 12.6. The van der Waals surface area contributed by atoms with Crippen molar-refractivity contribution in [3.05, 3.63) is 35.4 Å². The molecule has 3 amide bonds. The molecule has 1 aliphatic carbocycles. The van der Waals surface area contributed by atoms with E-state index in [4.69, 9.17) is 9.57 Å². The second-order valence-corrected chi connectivity index (χ2v) is 8.67. The summed E-state index contributed by atoms with van der Waals surface area (Å²) in [6.07, 6.45) is -0.230. The number of carbonyl (C=O) groups is 4. The minimum atomic E-state index is -0.679. The molecule has 1 N–H and O–H groups in total. The number of hydrogen-bond donors (Lipinski definition) is 1. The zero-order valence-corrected chi connectivity index (χ0v) is 16.6. The number of imide groups is 1. The molecule has 1 aromatic carbocycles. The van der Waals surface area contributed by atoms with Gasteiger partial charge in [0.1, 0.15) is 5.60 Å². The largest absolute Gasteiger partial charge is 0.444 e. The van der Waals surface area contributed by atoms with Gasteiger partial charge in [-0.3, -0.25) is 9.59 Å². The van der Waals surface area contributed by atoms with Gasteiger partial charge in [0, 0.05) is 6.04 Å². The molecular formula is C20H24N2O6. The molecule has 0 aromatic heterocycles. The van der Waals surface area contributed by atoms with Gasteiger partial charge in [-0.25, -0.2) is 9.59 Å². The Morgan fingerprint density at radius 2 is 1.64 bits per heavy atom. The second kappa shape index (κ2) is 6.61. The summed E-state index contributed by atoms with van der Waals surface area (Å²) in [5.74, 6) is -2.57. The predicted octanol–water partition coefficient (Wildman–Crippen LogP) is 2.68. The van der Waals surface area contributed by atoms with Crippen molar-refractivity contribution in [2.45, 2.75) is 52.7 Å². The summed E-state index contributed by atoms with van der Waals surface area (Å²) >= 11 is 0. The number of carbonyl (C=O) groups excluding carboxylic acids is 4. The third-order valence-electron chi connectivity index (χ3n) is 5.18. The lowest BCUT2D eigenvalue weighted by atomic mass is 9.58. The molecule has 0 bridgehead atoms. The van der Waals surface area contributed by atoms with Crippen LogP contribution in [0.5, 0.6) is 0 Å². The molecular weight excluding hydrogens is 364 g/mol. The van der Waals surface area contributed by atoms with E-state index >= 15 is 0 Å². The quantitative estimate of drug-likeness (QED) is 0.799. The third kappa shape index (κ3) is 3.46. The van der Waals surface area contributed by atoms with Gasteiger partial charge < -0.3 is 14.9 Å². The number of nitrogens with zero attached hydrogens (tertiary/aromatic N) is 1. The predicted molar refractivity (Wildman–Crippen MR) is 98.1 cm³/mol. The van der Waals surface area contributed by atoms with Crippen molar-refractivity contribution in [2.24, 2.45) is 11.3 Å². The molecule has 0 radical (unpaired) electrons. The van der Waals surface area contributed by atoms with Crippen LogP contribution >= 0.6 is 0 Å². The number of benzene rings is 1. The molecule has 8 nitrogen and oxygen atoms in total. The van der Waals surface area contributed by atoms with Crippen molar-refractivity contribution in [3.63, 3.8) is 0 Å². The topological polar surface area (TPSA) is 102 Å². The number of amides is 3. The number of hydroxylamine groups is 2. The first-order valence-corrected chi connectivity index (χ1v) is 9.11. The van der Waals surface area contributed by atoms with Gasteiger partial charge in [0.05, 0.1) is 17.0 Å². The van der Waals surface area contributed by atoms with Crippen molar-refractivity contribution in [2.75, 3.05) is 0 Å². The van der Waals surface area contributed by atoms with E-state index in [2.05, 4.69) is 5.32 Å². The number of rotatable bonds is 3. The monoisotopic (exact) mass is 388 g/mol. The smallest absolute Gasteiger partial charge is 0.407 e. The normalized spacial score (nSPS) is 23.0. The van der Waals surface area contributed by atoms with Crippen molar-refractivity contribution in [1.29, 1.82) is 0 Å². The van der Waals surface area contributed by atoms with Gasteiger partial charge in [-0.15, -0.1) is 0 Å². The van der Waals surface area contributed by atoms with E-state index in [1.54, 1.807) is 32.9 Å². The van der Waals surface area contributed by atoms with Gasteiger partial charge in [0.15, 0.2) is 0 Å². The third-order valence-corrected chi connectivity index (χ3v) is 5.18. The van der Waals surface area contributed by atoms with Crippen LogP contribution in [0.4, 0.5) is 4.79 Å². The van der Waals surface area contributed by atoms with Crippen LogP contribution < -0.4 is 5.32 Å². The maximum Gasteiger partial charge on any atom is 0.407 e. The van der Waals surface area contributed by atoms with Crippen molar-refractivity contribution in [3.8, 4) is 0 Å². The molecule has 8 heteroatoms. The lowest BCUT2D eigenvalue weighted by molar-refractivity contribution is -0.186. The Morgan fingerprint density at radius 1 is 1.11 bits per heavy atom. The molecule has 1 fully saturated rings. The highest BCUT2D eigenvalue weighted by Crippen LogP contribution is 2.47. The fourth-order valence-corrected chi connectivity index (χ4v) is 3.42. The molecule has 28 heavy (non-hydrogen) atoms. The number of fused-ring (bicyclic) bond motifs is 1. The van der Waals surface area contributed by atoms with Crippen LogP contribution in [-0.4, -0.2) is 40.6 Å². The number of alkyl carbamates (subject to hydrolysis) is 1. The molecule has 1 aromatic rings. The summed E-state index contributed by atoms with van der Waals surface area (Å²) in [5, 5.41) is 3.27. The average Bonchev–Trinajstić information content (AvgIpc) is 2.82.